The largest absolute Gasteiger partial charge is 0.508 e. The zero-order chi connectivity index (χ0) is 32.2. The van der Waals surface area contributed by atoms with Gasteiger partial charge >= 0.3 is 6.09 Å². The maximum absolute atomic E-state index is 14.7. The van der Waals surface area contributed by atoms with Crippen molar-refractivity contribution in [3.05, 3.63) is 87.9 Å². The van der Waals surface area contributed by atoms with Crippen molar-refractivity contribution in [2.75, 3.05) is 5.32 Å². The lowest BCUT2D eigenvalue weighted by atomic mass is 9.87. The van der Waals surface area contributed by atoms with E-state index in [1.807, 2.05) is 13.0 Å². The van der Waals surface area contributed by atoms with E-state index in [-0.39, 0.29) is 24.0 Å². The minimum atomic E-state index is -1.11. The Bertz CT molecular complexity index is 1490. The average molecular weight is 622 g/mol. The Kier molecular flexibility index (Phi) is 10.1. The number of amides is 3. The molecule has 3 amide bonds. The van der Waals surface area contributed by atoms with Gasteiger partial charge in [0.25, 0.3) is 5.91 Å². The molecular weight excluding hydrogens is 582 g/mol. The number of nitrogens with zero attached hydrogens (tertiary/aromatic N) is 1. The van der Waals surface area contributed by atoms with Crippen LogP contribution in [0, 0.1) is 13.8 Å². The summed E-state index contributed by atoms with van der Waals surface area (Å²) >= 11 is 6.47. The number of hydrogen-bond donors (Lipinski definition) is 4. The second kappa shape index (κ2) is 13.6. The van der Waals surface area contributed by atoms with Gasteiger partial charge in [-0.3, -0.25) is 9.59 Å². The molecule has 9 nitrogen and oxygen atoms in total. The third-order valence-corrected chi connectivity index (χ3v) is 7.94. The Hall–Kier alpha value is -4.24. The molecule has 2 atom stereocenters. The van der Waals surface area contributed by atoms with Gasteiger partial charge in [0.1, 0.15) is 29.2 Å². The lowest BCUT2D eigenvalue weighted by molar-refractivity contribution is -0.145. The average Bonchev–Trinajstić information content (AvgIpc) is 2.91. The number of para-hydroxylation sites is 1. The highest BCUT2D eigenvalue weighted by Crippen LogP contribution is 2.37. The van der Waals surface area contributed by atoms with Gasteiger partial charge in [0, 0.05) is 12.5 Å². The number of anilines is 1. The third-order valence-electron chi connectivity index (χ3n) is 7.62. The first kappa shape index (κ1) is 32.7. The minimum absolute atomic E-state index is 0.0631. The van der Waals surface area contributed by atoms with Gasteiger partial charge < -0.3 is 30.5 Å². The Balaban J connectivity index is 1.79. The second-order valence-corrected chi connectivity index (χ2v) is 12.7. The van der Waals surface area contributed by atoms with Gasteiger partial charge in [-0.25, -0.2) is 4.79 Å². The van der Waals surface area contributed by atoms with Crippen LogP contribution in [0.2, 0.25) is 5.02 Å². The molecule has 1 saturated carbocycles. The van der Waals surface area contributed by atoms with Crippen molar-refractivity contribution < 1.29 is 29.3 Å². The molecule has 0 aliphatic heterocycles. The molecule has 0 bridgehead atoms. The van der Waals surface area contributed by atoms with E-state index >= 15 is 0 Å². The number of aromatic hydroxyl groups is 2. The number of phenolic OH excluding ortho intramolecular Hbond substituents is 2. The summed E-state index contributed by atoms with van der Waals surface area (Å²) in [6, 6.07) is 14.0. The van der Waals surface area contributed by atoms with Crippen LogP contribution in [0.3, 0.4) is 0 Å². The van der Waals surface area contributed by atoms with Crippen molar-refractivity contribution >= 4 is 35.2 Å². The Labute approximate surface area is 263 Å². The fraction of sp³-hybridized carbons (Fsp3) is 0.382. The van der Waals surface area contributed by atoms with Crippen molar-refractivity contribution in [2.24, 2.45) is 0 Å². The molecule has 0 radical (unpaired) electrons. The lowest BCUT2D eigenvalue weighted by Crippen LogP contribution is -2.57. The summed E-state index contributed by atoms with van der Waals surface area (Å²) in [5, 5.41) is 26.1. The maximum atomic E-state index is 14.7. The summed E-state index contributed by atoms with van der Waals surface area (Å²) in [6.07, 6.45) is 1.56. The number of carbonyl (C=O) groups excluding carboxylic acids is 3. The third kappa shape index (κ3) is 8.02. The summed E-state index contributed by atoms with van der Waals surface area (Å²) in [4.78, 5) is 43.5. The van der Waals surface area contributed by atoms with Gasteiger partial charge in [-0.15, -0.1) is 0 Å². The predicted molar refractivity (Wildman–Crippen MR) is 170 cm³/mol. The van der Waals surface area contributed by atoms with E-state index in [2.05, 4.69) is 10.6 Å². The smallest absolute Gasteiger partial charge is 0.408 e. The molecular formula is C34H40ClN3O6. The fourth-order valence-corrected chi connectivity index (χ4v) is 5.42. The highest BCUT2D eigenvalue weighted by molar-refractivity contribution is 6.34. The first-order valence-corrected chi connectivity index (χ1v) is 15.1. The summed E-state index contributed by atoms with van der Waals surface area (Å²) in [7, 11) is 0. The summed E-state index contributed by atoms with van der Waals surface area (Å²) in [5.74, 6) is -0.808. The maximum Gasteiger partial charge on any atom is 0.408 e. The van der Waals surface area contributed by atoms with E-state index in [0.717, 1.165) is 12.0 Å². The number of benzene rings is 3. The topological polar surface area (TPSA) is 128 Å². The Morgan fingerprint density at radius 2 is 1.68 bits per heavy atom. The van der Waals surface area contributed by atoms with Gasteiger partial charge in [-0.2, -0.15) is 0 Å². The number of ether oxygens (including phenoxy) is 1. The zero-order valence-corrected chi connectivity index (χ0v) is 26.4. The molecule has 3 aromatic rings. The number of phenols is 2. The number of carbonyl (C=O) groups is 3. The lowest BCUT2D eigenvalue weighted by Gasteiger charge is -2.43. The number of alkyl carbamates (subject to hydrolysis) is 1. The number of rotatable bonds is 9. The van der Waals surface area contributed by atoms with E-state index in [4.69, 9.17) is 16.3 Å². The molecule has 0 heterocycles. The van der Waals surface area contributed by atoms with Crippen LogP contribution in [-0.2, 0) is 20.7 Å². The molecule has 2 unspecified atom stereocenters. The molecule has 1 aliphatic carbocycles. The van der Waals surface area contributed by atoms with Crippen LogP contribution in [0.4, 0.5) is 10.5 Å². The van der Waals surface area contributed by atoms with Crippen LogP contribution in [0.25, 0.3) is 0 Å². The van der Waals surface area contributed by atoms with E-state index in [1.54, 1.807) is 69.0 Å². The highest BCUT2D eigenvalue weighted by Gasteiger charge is 2.42. The number of halogens is 1. The quantitative estimate of drug-likeness (QED) is 0.214. The van der Waals surface area contributed by atoms with Gasteiger partial charge in [0.05, 0.1) is 10.7 Å². The van der Waals surface area contributed by atoms with Gasteiger partial charge in [0.2, 0.25) is 5.91 Å². The number of aryl methyl sites for hydroxylation is 2. The van der Waals surface area contributed by atoms with E-state index in [1.165, 1.54) is 18.2 Å². The van der Waals surface area contributed by atoms with Crippen LogP contribution in [0.1, 0.15) is 68.3 Å². The number of nitrogens with one attached hydrogen (secondary N) is 2. The summed E-state index contributed by atoms with van der Waals surface area (Å²) < 4.78 is 5.50. The molecule has 0 spiro atoms. The summed E-state index contributed by atoms with van der Waals surface area (Å²) in [6.45, 7) is 8.74. The Morgan fingerprint density at radius 3 is 2.25 bits per heavy atom. The molecule has 4 rings (SSSR count). The van der Waals surface area contributed by atoms with Gasteiger partial charge in [-0.1, -0.05) is 41.9 Å². The fourth-order valence-electron chi connectivity index (χ4n) is 5.15. The Morgan fingerprint density at radius 1 is 1.00 bits per heavy atom. The van der Waals surface area contributed by atoms with Crippen LogP contribution >= 0.6 is 11.6 Å². The predicted octanol–water partition coefficient (Wildman–Crippen LogP) is 6.56. The van der Waals surface area contributed by atoms with Crippen LogP contribution < -0.4 is 10.6 Å². The monoisotopic (exact) mass is 621 g/mol. The molecule has 0 aromatic heterocycles. The molecule has 44 heavy (non-hydrogen) atoms. The number of hydrogen-bond acceptors (Lipinski definition) is 6. The molecule has 234 valence electrons. The molecule has 3 aromatic carbocycles. The molecule has 0 saturated heterocycles. The molecule has 1 fully saturated rings. The normalized spacial score (nSPS) is 14.6. The first-order chi connectivity index (χ1) is 20.7. The van der Waals surface area contributed by atoms with E-state index < -0.39 is 35.6 Å². The first-order valence-electron chi connectivity index (χ1n) is 14.7. The van der Waals surface area contributed by atoms with Crippen molar-refractivity contribution in [3.8, 4) is 11.5 Å². The van der Waals surface area contributed by atoms with Crippen LogP contribution in [0.15, 0.2) is 60.7 Å². The molecule has 1 aliphatic rings. The van der Waals surface area contributed by atoms with E-state index in [0.29, 0.717) is 40.2 Å². The zero-order valence-electron chi connectivity index (χ0n) is 25.7. The second-order valence-electron chi connectivity index (χ2n) is 12.3. The van der Waals surface area contributed by atoms with Crippen molar-refractivity contribution in [3.63, 3.8) is 0 Å². The standard InChI is InChI=1S/C34H40ClN3O6/c1-20-8-6-11-26(35)29(20)37-31(41)30(23-14-17-28(40)21(2)18-23)38(24-9-7-10-24)32(42)27(36-33(43)44-34(3,4)5)19-22-12-15-25(39)16-13-22/h6,8,11-18,24,27,30,39-40H,7,9-10,19H2,1-5H3,(H,36,43)(H,37,41). The minimum Gasteiger partial charge on any atom is -0.508 e. The van der Waals surface area contributed by atoms with Gasteiger partial charge in [-0.05, 0) is 106 Å². The van der Waals surface area contributed by atoms with Crippen molar-refractivity contribution in [1.29, 1.82) is 0 Å². The van der Waals surface area contributed by atoms with Crippen LogP contribution in [0.5, 0.6) is 11.5 Å². The van der Waals surface area contributed by atoms with Crippen molar-refractivity contribution in [1.82, 2.24) is 10.2 Å². The molecule has 10 heteroatoms. The summed E-state index contributed by atoms with van der Waals surface area (Å²) in [5.41, 5.74) is 2.13. The van der Waals surface area contributed by atoms with Gasteiger partial charge in [0.15, 0.2) is 0 Å². The van der Waals surface area contributed by atoms with E-state index in [9.17, 15) is 24.6 Å². The molecule has 4 N–H and O–H groups in total. The SMILES string of the molecule is Cc1cc(C(C(=O)Nc2c(C)cccc2Cl)N(C(=O)C(Cc2ccc(O)cc2)NC(=O)OC(C)(C)C)C2CCC2)ccc1O. The highest BCUT2D eigenvalue weighted by atomic mass is 35.5. The van der Waals surface area contributed by atoms with Crippen molar-refractivity contribution in [2.45, 2.75) is 84.0 Å². The van der Waals surface area contributed by atoms with Crippen LogP contribution in [-0.4, -0.2) is 50.7 Å².